The molecule has 8 heteroatoms. The topological polar surface area (TPSA) is 111 Å². The Morgan fingerprint density at radius 2 is 2.07 bits per heavy atom. The predicted octanol–water partition coefficient (Wildman–Crippen LogP) is 4.20. The van der Waals surface area contributed by atoms with Crippen molar-refractivity contribution in [3.05, 3.63) is 47.2 Å². The van der Waals surface area contributed by atoms with E-state index in [2.05, 4.69) is 20.3 Å². The number of rotatable bonds is 10. The molecule has 1 aromatic rings. The highest BCUT2D eigenvalue weighted by Crippen LogP contribution is 2.28. The van der Waals surface area contributed by atoms with E-state index in [1.807, 2.05) is 27.7 Å². The molecule has 0 aliphatic rings. The fourth-order valence-electron chi connectivity index (χ4n) is 2.35. The highest BCUT2D eigenvalue weighted by molar-refractivity contribution is 6.10. The maximum absolute atomic E-state index is 13.0. The van der Waals surface area contributed by atoms with E-state index in [0.717, 1.165) is 12.0 Å². The number of nitrogens with zero attached hydrogens (tertiary/aromatic N) is 3. The summed E-state index contributed by atoms with van der Waals surface area (Å²) in [5.41, 5.74) is 15.1. The molecule has 0 aliphatic carbocycles. The maximum Gasteiger partial charge on any atom is 0.135 e. The lowest BCUT2D eigenvalue weighted by atomic mass is 10.1. The van der Waals surface area contributed by atoms with Crippen molar-refractivity contribution < 1.29 is 9.13 Å². The number of aliphatic imine (C=N–C) groups is 2. The van der Waals surface area contributed by atoms with Gasteiger partial charge in [-0.15, -0.1) is 0 Å². The predicted molar refractivity (Wildman–Crippen MR) is 125 cm³/mol. The Kier molecular flexibility index (Phi) is 10.3. The average molecular weight is 417 g/mol. The molecule has 0 radical (unpaired) electrons. The molecule has 0 saturated carbocycles. The van der Waals surface area contributed by atoms with Gasteiger partial charge in [0.1, 0.15) is 24.1 Å². The zero-order chi connectivity index (χ0) is 22.7. The molecule has 1 rings (SSSR count). The van der Waals surface area contributed by atoms with Crippen molar-refractivity contribution in [2.24, 2.45) is 21.5 Å². The lowest BCUT2D eigenvalue weighted by molar-refractivity contribution is 0.241. The van der Waals surface area contributed by atoms with Gasteiger partial charge in [-0.3, -0.25) is 4.99 Å². The SMILES string of the molecule is CC/C(C)=C(N)/C=C(\N=C(/C)CF)Nc1cc(OC(C)C)c(/C(C=NC)=C/N)cn1. The van der Waals surface area contributed by atoms with E-state index in [4.69, 9.17) is 16.2 Å². The molecule has 1 aromatic heterocycles. The van der Waals surface area contributed by atoms with Crippen LogP contribution in [-0.2, 0) is 0 Å². The Labute approximate surface area is 178 Å². The summed E-state index contributed by atoms with van der Waals surface area (Å²) in [5, 5.41) is 3.10. The van der Waals surface area contributed by atoms with E-state index in [-0.39, 0.29) is 6.10 Å². The lowest BCUT2D eigenvalue weighted by Crippen LogP contribution is -2.10. The molecule has 5 N–H and O–H groups in total. The highest BCUT2D eigenvalue weighted by Gasteiger charge is 2.12. The Hall–Kier alpha value is -3.16. The Morgan fingerprint density at radius 1 is 1.37 bits per heavy atom. The van der Waals surface area contributed by atoms with Gasteiger partial charge in [-0.2, -0.15) is 0 Å². The summed E-state index contributed by atoms with van der Waals surface area (Å²) in [6, 6.07) is 1.74. The molecule has 0 saturated heterocycles. The second-order valence-electron chi connectivity index (χ2n) is 6.97. The van der Waals surface area contributed by atoms with Gasteiger partial charge in [0.15, 0.2) is 0 Å². The van der Waals surface area contributed by atoms with Gasteiger partial charge in [-0.25, -0.2) is 14.4 Å². The minimum absolute atomic E-state index is 0.0656. The van der Waals surface area contributed by atoms with E-state index in [1.54, 1.807) is 38.5 Å². The molecule has 0 aliphatic heterocycles. The quantitative estimate of drug-likeness (QED) is 0.391. The van der Waals surface area contributed by atoms with Crippen molar-refractivity contribution in [3.63, 3.8) is 0 Å². The summed E-state index contributed by atoms with van der Waals surface area (Å²) in [4.78, 5) is 12.7. The van der Waals surface area contributed by atoms with Crippen LogP contribution in [0.5, 0.6) is 5.75 Å². The van der Waals surface area contributed by atoms with E-state index in [9.17, 15) is 4.39 Å². The van der Waals surface area contributed by atoms with E-state index in [0.29, 0.717) is 39.9 Å². The first-order valence-electron chi connectivity index (χ1n) is 9.80. The minimum atomic E-state index is -0.662. The number of nitrogens with one attached hydrogen (secondary N) is 1. The molecule has 0 bridgehead atoms. The lowest BCUT2D eigenvalue weighted by Gasteiger charge is -2.16. The monoisotopic (exact) mass is 416 g/mol. The number of hydrogen-bond donors (Lipinski definition) is 3. The van der Waals surface area contributed by atoms with Crippen LogP contribution in [0.1, 0.15) is 46.6 Å². The summed E-state index contributed by atoms with van der Waals surface area (Å²) in [5.74, 6) is 1.44. The van der Waals surface area contributed by atoms with Gasteiger partial charge in [0.25, 0.3) is 0 Å². The fraction of sp³-hybridized carbons (Fsp3) is 0.409. The molecule has 30 heavy (non-hydrogen) atoms. The first-order chi connectivity index (χ1) is 14.2. The number of anilines is 1. The smallest absolute Gasteiger partial charge is 0.135 e. The molecule has 0 unspecified atom stereocenters. The van der Waals surface area contributed by atoms with Crippen LogP contribution >= 0.6 is 0 Å². The first-order valence-corrected chi connectivity index (χ1v) is 9.80. The summed E-state index contributed by atoms with van der Waals surface area (Å²) in [6.07, 6.45) is 7.13. The normalized spacial score (nSPS) is 14.3. The zero-order valence-corrected chi connectivity index (χ0v) is 18.7. The van der Waals surface area contributed by atoms with Gasteiger partial charge >= 0.3 is 0 Å². The molecule has 0 spiro atoms. The molecule has 0 aromatic carbocycles. The van der Waals surface area contributed by atoms with Gasteiger partial charge < -0.3 is 21.5 Å². The molecule has 0 atom stereocenters. The van der Waals surface area contributed by atoms with Crippen LogP contribution in [0.3, 0.4) is 0 Å². The Bertz CT molecular complexity index is 868. The van der Waals surface area contributed by atoms with Crippen molar-refractivity contribution in [1.82, 2.24) is 4.98 Å². The van der Waals surface area contributed by atoms with Crippen molar-refractivity contribution in [2.75, 3.05) is 19.0 Å². The van der Waals surface area contributed by atoms with E-state index >= 15 is 0 Å². The van der Waals surface area contributed by atoms with Crippen molar-refractivity contribution in [3.8, 4) is 5.75 Å². The number of hydrogen-bond acceptors (Lipinski definition) is 7. The molecular weight excluding hydrogens is 383 g/mol. The third-order valence-electron chi connectivity index (χ3n) is 4.06. The van der Waals surface area contributed by atoms with Gasteiger partial charge in [-0.1, -0.05) is 12.5 Å². The largest absolute Gasteiger partial charge is 0.490 e. The molecular formula is C22H33FN6O. The van der Waals surface area contributed by atoms with E-state index < -0.39 is 6.67 Å². The second kappa shape index (κ2) is 12.4. The maximum atomic E-state index is 13.0. The molecule has 1 heterocycles. The standard InChI is InChI=1S/C22H33FN6O/c1-7-15(4)19(25)8-22(28-16(5)10-23)29-21-9-20(30-14(2)3)18(13-27-21)17(11-24)12-26-6/h8-9,11-14H,7,10,24-25H2,1-6H3,(H,27,29)/b17-11+,19-15-,22-8+,26-12?,28-16+. The third-order valence-corrected chi connectivity index (χ3v) is 4.06. The highest BCUT2D eigenvalue weighted by atomic mass is 19.1. The summed E-state index contributed by atoms with van der Waals surface area (Å²) in [7, 11) is 1.66. The minimum Gasteiger partial charge on any atom is -0.490 e. The first kappa shape index (κ1) is 24.9. The summed E-state index contributed by atoms with van der Waals surface area (Å²) in [6.45, 7) is 8.75. The second-order valence-corrected chi connectivity index (χ2v) is 6.97. The molecule has 7 nitrogen and oxygen atoms in total. The third kappa shape index (κ3) is 7.69. The number of allylic oxidation sites excluding steroid dienone is 3. The average Bonchev–Trinajstić information content (AvgIpc) is 2.71. The van der Waals surface area contributed by atoms with Crippen LogP contribution < -0.4 is 21.5 Å². The van der Waals surface area contributed by atoms with Gasteiger partial charge in [-0.05, 0) is 34.1 Å². The zero-order valence-electron chi connectivity index (χ0n) is 18.7. The van der Waals surface area contributed by atoms with Gasteiger partial charge in [0.2, 0.25) is 0 Å². The number of aromatic nitrogens is 1. The van der Waals surface area contributed by atoms with Crippen LogP contribution in [0.2, 0.25) is 0 Å². The van der Waals surface area contributed by atoms with Crippen LogP contribution in [0.15, 0.2) is 51.6 Å². The van der Waals surface area contributed by atoms with Crippen LogP contribution in [0.25, 0.3) is 5.57 Å². The number of ether oxygens (including phenoxy) is 1. The molecule has 0 amide bonds. The Morgan fingerprint density at radius 3 is 2.60 bits per heavy atom. The van der Waals surface area contributed by atoms with Crippen molar-refractivity contribution >= 4 is 23.3 Å². The number of nitrogens with two attached hydrogens (primary N) is 2. The molecule has 164 valence electrons. The van der Waals surface area contributed by atoms with Crippen LogP contribution in [-0.4, -0.2) is 36.7 Å². The van der Waals surface area contributed by atoms with Gasteiger partial charge in [0, 0.05) is 60.3 Å². The summed E-state index contributed by atoms with van der Waals surface area (Å²) < 4.78 is 19.0. The van der Waals surface area contributed by atoms with E-state index in [1.165, 1.54) is 6.20 Å². The van der Waals surface area contributed by atoms with Crippen molar-refractivity contribution in [1.29, 1.82) is 0 Å². The fourth-order valence-corrected chi connectivity index (χ4v) is 2.35. The number of halogens is 1. The number of alkyl halides is 1. The van der Waals surface area contributed by atoms with Gasteiger partial charge in [0.05, 0.1) is 6.10 Å². The molecule has 0 fully saturated rings. The van der Waals surface area contributed by atoms with Crippen molar-refractivity contribution in [2.45, 2.75) is 47.1 Å². The van der Waals surface area contributed by atoms with Crippen LogP contribution in [0.4, 0.5) is 10.2 Å². The van der Waals surface area contributed by atoms with Crippen LogP contribution in [0, 0.1) is 0 Å². The summed E-state index contributed by atoms with van der Waals surface area (Å²) >= 11 is 0. The Balaban J connectivity index is 3.44. The number of pyridine rings is 1.